The van der Waals surface area contributed by atoms with Crippen molar-refractivity contribution in [1.29, 1.82) is 0 Å². The van der Waals surface area contributed by atoms with Gasteiger partial charge in [-0.2, -0.15) is 5.10 Å². The quantitative estimate of drug-likeness (QED) is 0.394. The van der Waals surface area contributed by atoms with Crippen molar-refractivity contribution in [2.24, 2.45) is 4.99 Å². The van der Waals surface area contributed by atoms with Crippen molar-refractivity contribution >= 4 is 5.96 Å². The van der Waals surface area contributed by atoms with Crippen LogP contribution in [0.25, 0.3) is 0 Å². The van der Waals surface area contributed by atoms with Crippen molar-refractivity contribution in [2.75, 3.05) is 40.3 Å². The van der Waals surface area contributed by atoms with E-state index in [-0.39, 0.29) is 0 Å². The number of aryl methyl sites for hydroxylation is 1. The molecule has 0 radical (unpaired) electrons. The SMILES string of the molecule is CN=C(NCCCn1cccn1)NCC(c1cccc(OC)c1)N1CCCC1. The Morgan fingerprint density at radius 2 is 2.11 bits per heavy atom. The van der Waals surface area contributed by atoms with E-state index in [4.69, 9.17) is 4.74 Å². The lowest BCUT2D eigenvalue weighted by molar-refractivity contribution is 0.245. The van der Waals surface area contributed by atoms with Gasteiger partial charge in [-0.15, -0.1) is 0 Å². The molecule has 7 nitrogen and oxygen atoms in total. The third-order valence-corrected chi connectivity index (χ3v) is 5.16. The van der Waals surface area contributed by atoms with Gasteiger partial charge in [-0.1, -0.05) is 12.1 Å². The molecule has 28 heavy (non-hydrogen) atoms. The molecule has 3 rings (SSSR count). The highest BCUT2D eigenvalue weighted by molar-refractivity contribution is 5.79. The van der Waals surface area contributed by atoms with Gasteiger partial charge in [0.25, 0.3) is 0 Å². The topological polar surface area (TPSA) is 66.7 Å². The molecule has 1 aromatic carbocycles. The summed E-state index contributed by atoms with van der Waals surface area (Å²) in [7, 11) is 3.54. The molecule has 1 aromatic heterocycles. The minimum atomic E-state index is 0.306. The average molecular weight is 385 g/mol. The molecule has 1 saturated heterocycles. The van der Waals surface area contributed by atoms with Gasteiger partial charge in [-0.3, -0.25) is 14.6 Å². The number of nitrogens with one attached hydrogen (secondary N) is 2. The van der Waals surface area contributed by atoms with Gasteiger partial charge >= 0.3 is 0 Å². The van der Waals surface area contributed by atoms with E-state index >= 15 is 0 Å². The number of rotatable bonds is 9. The van der Waals surface area contributed by atoms with Gasteiger partial charge in [0.1, 0.15) is 5.75 Å². The maximum atomic E-state index is 5.43. The zero-order valence-electron chi connectivity index (χ0n) is 17.0. The van der Waals surface area contributed by atoms with Crippen molar-refractivity contribution in [3.63, 3.8) is 0 Å². The Bertz CT molecular complexity index is 724. The molecular weight excluding hydrogens is 352 g/mol. The normalized spacial score (nSPS) is 16.1. The average Bonchev–Trinajstić information content (AvgIpc) is 3.44. The van der Waals surface area contributed by atoms with E-state index in [9.17, 15) is 0 Å². The van der Waals surface area contributed by atoms with Crippen LogP contribution in [0.3, 0.4) is 0 Å². The number of aromatic nitrogens is 2. The fourth-order valence-electron chi connectivity index (χ4n) is 3.65. The number of hydrogen-bond donors (Lipinski definition) is 2. The lowest BCUT2D eigenvalue weighted by Crippen LogP contribution is -2.43. The first-order chi connectivity index (χ1) is 13.8. The molecule has 0 aliphatic carbocycles. The number of benzene rings is 1. The van der Waals surface area contributed by atoms with E-state index in [0.29, 0.717) is 6.04 Å². The Hall–Kier alpha value is -2.54. The molecule has 1 unspecified atom stereocenters. The molecule has 1 aliphatic heterocycles. The molecule has 1 fully saturated rings. The number of aliphatic imine (C=N–C) groups is 1. The molecule has 1 atom stereocenters. The Morgan fingerprint density at radius 3 is 2.82 bits per heavy atom. The number of ether oxygens (including phenoxy) is 1. The van der Waals surface area contributed by atoms with Crippen molar-refractivity contribution in [2.45, 2.75) is 31.8 Å². The molecule has 2 N–H and O–H groups in total. The van der Waals surface area contributed by atoms with E-state index in [2.05, 4.69) is 43.8 Å². The lowest BCUT2D eigenvalue weighted by atomic mass is 10.1. The fraction of sp³-hybridized carbons (Fsp3) is 0.524. The van der Waals surface area contributed by atoms with E-state index in [1.54, 1.807) is 7.11 Å². The Morgan fingerprint density at radius 1 is 1.25 bits per heavy atom. The summed E-state index contributed by atoms with van der Waals surface area (Å²) < 4.78 is 7.38. The van der Waals surface area contributed by atoms with Gasteiger partial charge in [0.15, 0.2) is 5.96 Å². The zero-order chi connectivity index (χ0) is 19.6. The second-order valence-electron chi connectivity index (χ2n) is 7.04. The summed E-state index contributed by atoms with van der Waals surface area (Å²) in [5, 5.41) is 11.1. The van der Waals surface area contributed by atoms with Crippen LogP contribution in [0.1, 0.15) is 30.9 Å². The summed E-state index contributed by atoms with van der Waals surface area (Å²) in [4.78, 5) is 6.93. The highest BCUT2D eigenvalue weighted by Crippen LogP contribution is 2.27. The molecule has 7 heteroatoms. The number of methoxy groups -OCH3 is 1. The summed E-state index contributed by atoms with van der Waals surface area (Å²) in [5.74, 6) is 1.75. The largest absolute Gasteiger partial charge is 0.497 e. The van der Waals surface area contributed by atoms with Gasteiger partial charge in [0.2, 0.25) is 0 Å². The fourth-order valence-corrected chi connectivity index (χ4v) is 3.65. The van der Waals surface area contributed by atoms with Crippen LogP contribution in [0.15, 0.2) is 47.7 Å². The van der Waals surface area contributed by atoms with Crippen molar-refractivity contribution in [3.8, 4) is 5.75 Å². The minimum Gasteiger partial charge on any atom is -0.497 e. The zero-order valence-corrected chi connectivity index (χ0v) is 17.0. The maximum Gasteiger partial charge on any atom is 0.191 e. The minimum absolute atomic E-state index is 0.306. The molecule has 2 heterocycles. The number of hydrogen-bond acceptors (Lipinski definition) is 4. The van der Waals surface area contributed by atoms with Gasteiger partial charge in [-0.25, -0.2) is 0 Å². The highest BCUT2D eigenvalue weighted by atomic mass is 16.5. The maximum absolute atomic E-state index is 5.43. The van der Waals surface area contributed by atoms with Crippen LogP contribution in [0.5, 0.6) is 5.75 Å². The second-order valence-corrected chi connectivity index (χ2v) is 7.04. The van der Waals surface area contributed by atoms with Crippen molar-refractivity contribution in [1.82, 2.24) is 25.3 Å². The van der Waals surface area contributed by atoms with Crippen LogP contribution < -0.4 is 15.4 Å². The molecule has 0 saturated carbocycles. The Kier molecular flexibility index (Phi) is 7.72. The monoisotopic (exact) mass is 384 g/mol. The predicted molar refractivity (Wildman–Crippen MR) is 113 cm³/mol. The van der Waals surface area contributed by atoms with Crippen LogP contribution in [0.4, 0.5) is 0 Å². The third kappa shape index (κ3) is 5.73. The predicted octanol–water partition coefficient (Wildman–Crippen LogP) is 2.28. The van der Waals surface area contributed by atoms with Gasteiger partial charge < -0.3 is 15.4 Å². The summed E-state index contributed by atoms with van der Waals surface area (Å²) in [6, 6.07) is 10.7. The third-order valence-electron chi connectivity index (χ3n) is 5.16. The Labute approximate surface area is 167 Å². The summed E-state index contributed by atoms with van der Waals surface area (Å²) in [6.07, 6.45) is 7.32. The number of guanidine groups is 1. The van der Waals surface area contributed by atoms with E-state index < -0.39 is 0 Å². The van der Waals surface area contributed by atoms with Crippen molar-refractivity contribution < 1.29 is 4.74 Å². The lowest BCUT2D eigenvalue weighted by Gasteiger charge is -2.29. The molecular formula is C21H32N6O. The van der Waals surface area contributed by atoms with Gasteiger partial charge in [0, 0.05) is 39.1 Å². The highest BCUT2D eigenvalue weighted by Gasteiger charge is 2.24. The van der Waals surface area contributed by atoms with Crippen LogP contribution in [-0.2, 0) is 6.54 Å². The number of nitrogens with zero attached hydrogens (tertiary/aromatic N) is 4. The second kappa shape index (κ2) is 10.7. The van der Waals surface area contributed by atoms with Gasteiger partial charge in [-0.05, 0) is 56.1 Å². The van der Waals surface area contributed by atoms with Crippen LogP contribution >= 0.6 is 0 Å². The van der Waals surface area contributed by atoms with E-state index in [1.807, 2.05) is 36.3 Å². The molecule has 0 amide bonds. The summed E-state index contributed by atoms with van der Waals surface area (Å²) in [6.45, 7) is 4.84. The molecule has 2 aromatic rings. The molecule has 0 spiro atoms. The molecule has 1 aliphatic rings. The molecule has 152 valence electrons. The first kappa shape index (κ1) is 20.2. The van der Waals surface area contributed by atoms with Crippen LogP contribution in [0.2, 0.25) is 0 Å². The standard InChI is InChI=1S/C21H32N6O/c1-22-21(23-10-6-14-27-15-7-11-25-27)24-17-20(26-12-3-4-13-26)18-8-5-9-19(16-18)28-2/h5,7-9,11,15-16,20H,3-4,6,10,12-14,17H2,1-2H3,(H2,22,23,24). The van der Waals surface area contributed by atoms with Gasteiger partial charge in [0.05, 0.1) is 13.2 Å². The van der Waals surface area contributed by atoms with E-state index in [1.165, 1.54) is 18.4 Å². The smallest absolute Gasteiger partial charge is 0.191 e. The molecule has 0 bridgehead atoms. The Balaban J connectivity index is 1.53. The summed E-state index contributed by atoms with van der Waals surface area (Å²) >= 11 is 0. The first-order valence-electron chi connectivity index (χ1n) is 10.1. The van der Waals surface area contributed by atoms with E-state index in [0.717, 1.165) is 50.9 Å². The van der Waals surface area contributed by atoms with Crippen LogP contribution in [-0.4, -0.2) is 61.0 Å². The summed E-state index contributed by atoms with van der Waals surface area (Å²) in [5.41, 5.74) is 1.28. The first-order valence-corrected chi connectivity index (χ1v) is 10.1. The van der Waals surface area contributed by atoms with Crippen molar-refractivity contribution in [3.05, 3.63) is 48.3 Å². The number of likely N-dealkylation sites (tertiary alicyclic amines) is 1. The van der Waals surface area contributed by atoms with Crippen LogP contribution in [0, 0.1) is 0 Å².